The lowest BCUT2D eigenvalue weighted by atomic mass is 10.2. The molecule has 2 heterocycles. The summed E-state index contributed by atoms with van der Waals surface area (Å²) in [5.74, 6) is 0.738. The Labute approximate surface area is 166 Å². The molecule has 3 aromatic rings. The van der Waals surface area contributed by atoms with Crippen LogP contribution < -0.4 is 14.9 Å². The van der Waals surface area contributed by atoms with E-state index in [9.17, 15) is 4.79 Å². The van der Waals surface area contributed by atoms with Crippen molar-refractivity contribution >= 4 is 23.7 Å². The van der Waals surface area contributed by atoms with Crippen LogP contribution in [0.4, 0.5) is 0 Å². The van der Waals surface area contributed by atoms with Crippen LogP contribution in [-0.2, 0) is 4.79 Å². The Balaban J connectivity index is 1.44. The SMILES string of the molecule is Cc1nn(-c2ccccc2)c(Cl)c1/C=N\NC(=O)[C@H]1COc2ccccc2O1. The van der Waals surface area contributed by atoms with Crippen molar-refractivity contribution in [2.75, 3.05) is 6.61 Å². The molecule has 1 aliphatic rings. The number of hydrazone groups is 1. The van der Waals surface area contributed by atoms with Gasteiger partial charge in [-0.3, -0.25) is 4.79 Å². The molecule has 0 fully saturated rings. The smallest absolute Gasteiger partial charge is 0.284 e. The average Bonchev–Trinajstić information content (AvgIpc) is 3.02. The number of aryl methyl sites for hydroxylation is 1. The first kappa shape index (κ1) is 18.1. The Morgan fingerprint density at radius 2 is 1.93 bits per heavy atom. The molecule has 1 aliphatic heterocycles. The van der Waals surface area contributed by atoms with E-state index in [0.29, 0.717) is 27.9 Å². The molecule has 0 saturated carbocycles. The number of hydrogen-bond donors (Lipinski definition) is 1. The molecule has 1 amide bonds. The Kier molecular flexibility index (Phi) is 4.99. The van der Waals surface area contributed by atoms with Crippen molar-refractivity contribution in [3.63, 3.8) is 0 Å². The number of benzene rings is 2. The average molecular weight is 397 g/mol. The summed E-state index contributed by atoms with van der Waals surface area (Å²) < 4.78 is 12.8. The zero-order valence-corrected chi connectivity index (χ0v) is 15.8. The van der Waals surface area contributed by atoms with Crippen LogP contribution in [0.25, 0.3) is 5.69 Å². The first-order chi connectivity index (χ1) is 13.6. The summed E-state index contributed by atoms with van der Waals surface area (Å²) in [5, 5.41) is 8.84. The van der Waals surface area contributed by atoms with Gasteiger partial charge in [0.05, 0.1) is 23.2 Å². The second kappa shape index (κ2) is 7.74. The quantitative estimate of drug-likeness (QED) is 0.543. The minimum Gasteiger partial charge on any atom is -0.485 e. The van der Waals surface area contributed by atoms with Crippen molar-refractivity contribution in [2.24, 2.45) is 5.10 Å². The van der Waals surface area contributed by atoms with Crippen molar-refractivity contribution in [1.29, 1.82) is 0 Å². The van der Waals surface area contributed by atoms with Crippen LogP contribution in [0.1, 0.15) is 11.3 Å². The van der Waals surface area contributed by atoms with Gasteiger partial charge in [0.15, 0.2) is 11.5 Å². The van der Waals surface area contributed by atoms with E-state index in [1.807, 2.05) is 49.4 Å². The van der Waals surface area contributed by atoms with Crippen molar-refractivity contribution in [3.05, 3.63) is 71.0 Å². The number of para-hydroxylation sites is 3. The monoisotopic (exact) mass is 396 g/mol. The van der Waals surface area contributed by atoms with Gasteiger partial charge in [0.25, 0.3) is 5.91 Å². The highest BCUT2D eigenvalue weighted by atomic mass is 35.5. The predicted octanol–water partition coefficient (Wildman–Crippen LogP) is 3.12. The third-order valence-corrected chi connectivity index (χ3v) is 4.58. The fraction of sp³-hybridized carbons (Fsp3) is 0.150. The molecule has 1 atom stereocenters. The molecule has 0 spiro atoms. The van der Waals surface area contributed by atoms with Gasteiger partial charge >= 0.3 is 0 Å². The maximum atomic E-state index is 12.3. The zero-order chi connectivity index (χ0) is 19.5. The lowest BCUT2D eigenvalue weighted by Crippen LogP contribution is -2.42. The molecule has 0 unspecified atom stereocenters. The fourth-order valence-electron chi connectivity index (χ4n) is 2.78. The molecule has 28 heavy (non-hydrogen) atoms. The van der Waals surface area contributed by atoms with E-state index in [1.165, 1.54) is 6.21 Å². The topological polar surface area (TPSA) is 77.7 Å². The molecule has 1 aromatic heterocycles. The predicted molar refractivity (Wildman–Crippen MR) is 105 cm³/mol. The van der Waals surface area contributed by atoms with Gasteiger partial charge in [-0.25, -0.2) is 10.1 Å². The molecule has 0 radical (unpaired) electrons. The molecule has 0 aliphatic carbocycles. The van der Waals surface area contributed by atoms with Gasteiger partial charge in [0.2, 0.25) is 6.10 Å². The Hall–Kier alpha value is -3.32. The number of aromatic nitrogens is 2. The van der Waals surface area contributed by atoms with E-state index < -0.39 is 12.0 Å². The van der Waals surface area contributed by atoms with Gasteiger partial charge in [0, 0.05) is 0 Å². The molecule has 142 valence electrons. The molecule has 7 nitrogen and oxygen atoms in total. The van der Waals surface area contributed by atoms with Crippen molar-refractivity contribution in [1.82, 2.24) is 15.2 Å². The van der Waals surface area contributed by atoms with E-state index >= 15 is 0 Å². The van der Waals surface area contributed by atoms with Crippen LogP contribution in [-0.4, -0.2) is 34.6 Å². The number of carbonyl (C=O) groups is 1. The third-order valence-electron chi connectivity index (χ3n) is 4.22. The summed E-state index contributed by atoms with van der Waals surface area (Å²) in [5.41, 5.74) is 4.62. The van der Waals surface area contributed by atoms with Gasteiger partial charge in [-0.1, -0.05) is 41.9 Å². The van der Waals surface area contributed by atoms with E-state index in [4.69, 9.17) is 21.1 Å². The summed E-state index contributed by atoms with van der Waals surface area (Å²) in [7, 11) is 0. The minimum atomic E-state index is -0.782. The van der Waals surface area contributed by atoms with Crippen molar-refractivity contribution in [2.45, 2.75) is 13.0 Å². The Morgan fingerprint density at radius 3 is 2.71 bits per heavy atom. The number of carbonyl (C=O) groups excluding carboxylic acids is 1. The highest BCUT2D eigenvalue weighted by Crippen LogP contribution is 2.30. The maximum Gasteiger partial charge on any atom is 0.284 e. The van der Waals surface area contributed by atoms with Crippen LogP contribution in [0.2, 0.25) is 5.15 Å². The normalized spacial score (nSPS) is 15.6. The van der Waals surface area contributed by atoms with Gasteiger partial charge in [-0.15, -0.1) is 0 Å². The molecule has 0 saturated heterocycles. The van der Waals surface area contributed by atoms with E-state index in [-0.39, 0.29) is 6.61 Å². The lowest BCUT2D eigenvalue weighted by Gasteiger charge is -2.24. The molecule has 8 heteroatoms. The molecule has 1 N–H and O–H groups in total. The Bertz CT molecular complexity index is 1030. The van der Waals surface area contributed by atoms with Gasteiger partial charge in [-0.05, 0) is 31.2 Å². The maximum absolute atomic E-state index is 12.3. The van der Waals surface area contributed by atoms with Crippen LogP contribution >= 0.6 is 11.6 Å². The fourth-order valence-corrected chi connectivity index (χ4v) is 3.10. The van der Waals surface area contributed by atoms with Crippen LogP contribution in [0.15, 0.2) is 59.7 Å². The minimum absolute atomic E-state index is 0.115. The van der Waals surface area contributed by atoms with Gasteiger partial charge < -0.3 is 9.47 Å². The number of rotatable bonds is 4. The molecule has 2 aromatic carbocycles. The first-order valence-electron chi connectivity index (χ1n) is 8.65. The third kappa shape index (κ3) is 3.57. The molecule has 4 rings (SSSR count). The zero-order valence-electron chi connectivity index (χ0n) is 15.0. The van der Waals surface area contributed by atoms with E-state index in [1.54, 1.807) is 16.8 Å². The number of nitrogens with zero attached hydrogens (tertiary/aromatic N) is 3. The summed E-state index contributed by atoms with van der Waals surface area (Å²) in [4.78, 5) is 12.3. The van der Waals surface area contributed by atoms with Crippen molar-refractivity contribution < 1.29 is 14.3 Å². The van der Waals surface area contributed by atoms with E-state index in [2.05, 4.69) is 15.6 Å². The standard InChI is InChI=1S/C20H17ClN4O3/c1-13-15(19(21)25(24-13)14-7-3-2-4-8-14)11-22-23-20(26)18-12-27-16-9-5-6-10-17(16)28-18/h2-11,18H,12H2,1H3,(H,23,26)/b22-11-/t18-/m1/s1. The number of ether oxygens (including phenoxy) is 2. The number of hydrogen-bond acceptors (Lipinski definition) is 5. The number of halogens is 1. The number of amides is 1. The highest BCUT2D eigenvalue weighted by Gasteiger charge is 2.27. The second-order valence-electron chi connectivity index (χ2n) is 6.14. The lowest BCUT2D eigenvalue weighted by molar-refractivity contribution is -0.130. The van der Waals surface area contributed by atoms with Crippen LogP contribution in [0, 0.1) is 6.92 Å². The van der Waals surface area contributed by atoms with Gasteiger partial charge in [-0.2, -0.15) is 10.2 Å². The van der Waals surface area contributed by atoms with Crippen molar-refractivity contribution in [3.8, 4) is 17.2 Å². The number of nitrogens with one attached hydrogen (secondary N) is 1. The summed E-state index contributed by atoms with van der Waals surface area (Å²) >= 11 is 6.44. The molecular weight excluding hydrogens is 380 g/mol. The van der Waals surface area contributed by atoms with E-state index in [0.717, 1.165) is 5.69 Å². The summed E-state index contributed by atoms with van der Waals surface area (Å²) in [6.07, 6.45) is 0.690. The highest BCUT2D eigenvalue weighted by molar-refractivity contribution is 6.32. The first-order valence-corrected chi connectivity index (χ1v) is 9.03. The molecular formula is C20H17ClN4O3. The van der Waals surface area contributed by atoms with Crippen LogP contribution in [0.3, 0.4) is 0 Å². The largest absolute Gasteiger partial charge is 0.485 e. The Morgan fingerprint density at radius 1 is 1.21 bits per heavy atom. The summed E-state index contributed by atoms with van der Waals surface area (Å²) in [6, 6.07) is 16.7. The molecule has 0 bridgehead atoms. The van der Waals surface area contributed by atoms with Crippen LogP contribution in [0.5, 0.6) is 11.5 Å². The summed E-state index contributed by atoms with van der Waals surface area (Å²) in [6.45, 7) is 1.94. The second-order valence-corrected chi connectivity index (χ2v) is 6.49. The number of fused-ring (bicyclic) bond motifs is 1. The van der Waals surface area contributed by atoms with Gasteiger partial charge in [0.1, 0.15) is 11.8 Å².